The summed E-state index contributed by atoms with van der Waals surface area (Å²) in [5.41, 5.74) is 3.74. The van der Waals surface area contributed by atoms with Crippen molar-refractivity contribution in [2.75, 3.05) is 42.9 Å². The van der Waals surface area contributed by atoms with E-state index in [0.717, 1.165) is 66.7 Å². The predicted octanol–water partition coefficient (Wildman–Crippen LogP) is 4.70. The second-order valence-corrected chi connectivity index (χ2v) is 8.04. The van der Waals surface area contributed by atoms with Crippen LogP contribution in [0.1, 0.15) is 24.0 Å². The highest BCUT2D eigenvalue weighted by Crippen LogP contribution is 2.44. The number of fused-ring (bicyclic) bond motifs is 2. The van der Waals surface area contributed by atoms with Gasteiger partial charge < -0.3 is 19.9 Å². The SMILES string of the molecule is CCN1CCN(c2ccccc2NC(=O)C2c3ccccc3Oc3ccccc32)CC1. The molecule has 0 bridgehead atoms. The van der Waals surface area contributed by atoms with E-state index in [1.165, 1.54) is 0 Å². The van der Waals surface area contributed by atoms with E-state index in [9.17, 15) is 4.79 Å². The summed E-state index contributed by atoms with van der Waals surface area (Å²) in [6, 6.07) is 23.7. The van der Waals surface area contributed by atoms with E-state index in [1.807, 2.05) is 66.7 Å². The Morgan fingerprint density at radius 1 is 0.871 bits per heavy atom. The van der Waals surface area contributed by atoms with Gasteiger partial charge in [-0.05, 0) is 30.8 Å². The van der Waals surface area contributed by atoms with Crippen molar-refractivity contribution in [3.8, 4) is 11.5 Å². The number of nitrogens with zero attached hydrogens (tertiary/aromatic N) is 2. The van der Waals surface area contributed by atoms with Crippen LogP contribution in [0.3, 0.4) is 0 Å². The number of carbonyl (C=O) groups is 1. The number of benzene rings is 3. The van der Waals surface area contributed by atoms with Crippen molar-refractivity contribution in [1.29, 1.82) is 0 Å². The number of ether oxygens (including phenoxy) is 1. The lowest BCUT2D eigenvalue weighted by Gasteiger charge is -2.36. The predicted molar refractivity (Wildman–Crippen MR) is 124 cm³/mol. The van der Waals surface area contributed by atoms with Crippen LogP contribution < -0.4 is 15.0 Å². The number of anilines is 2. The zero-order chi connectivity index (χ0) is 21.2. The molecule has 2 aliphatic rings. The maximum Gasteiger partial charge on any atom is 0.236 e. The Morgan fingerprint density at radius 3 is 2.10 bits per heavy atom. The molecule has 0 saturated carbocycles. The van der Waals surface area contributed by atoms with Gasteiger partial charge in [-0.25, -0.2) is 0 Å². The van der Waals surface area contributed by atoms with Crippen molar-refractivity contribution in [3.63, 3.8) is 0 Å². The summed E-state index contributed by atoms with van der Waals surface area (Å²) in [5, 5.41) is 3.23. The van der Waals surface area contributed by atoms with Gasteiger partial charge >= 0.3 is 0 Å². The molecule has 1 saturated heterocycles. The van der Waals surface area contributed by atoms with E-state index >= 15 is 0 Å². The molecule has 1 fully saturated rings. The van der Waals surface area contributed by atoms with Gasteiger partial charge in [0, 0.05) is 37.3 Å². The van der Waals surface area contributed by atoms with Gasteiger partial charge in [0.2, 0.25) is 5.91 Å². The van der Waals surface area contributed by atoms with Gasteiger partial charge in [-0.15, -0.1) is 0 Å². The highest BCUT2D eigenvalue weighted by Gasteiger charge is 2.33. The van der Waals surface area contributed by atoms with E-state index in [0.29, 0.717) is 0 Å². The van der Waals surface area contributed by atoms with Crippen LogP contribution in [0, 0.1) is 0 Å². The van der Waals surface area contributed by atoms with E-state index in [4.69, 9.17) is 4.74 Å². The first kappa shape index (κ1) is 19.6. The molecule has 2 heterocycles. The third kappa shape index (κ3) is 3.77. The summed E-state index contributed by atoms with van der Waals surface area (Å²) >= 11 is 0. The lowest BCUT2D eigenvalue weighted by molar-refractivity contribution is -0.116. The molecule has 1 N–H and O–H groups in total. The Morgan fingerprint density at radius 2 is 1.45 bits per heavy atom. The average Bonchev–Trinajstić information content (AvgIpc) is 2.83. The third-order valence-corrected chi connectivity index (χ3v) is 6.26. The van der Waals surface area contributed by atoms with Crippen LogP contribution in [0.25, 0.3) is 0 Å². The average molecular weight is 414 g/mol. The Hall–Kier alpha value is -3.31. The number of rotatable bonds is 4. The largest absolute Gasteiger partial charge is 0.457 e. The summed E-state index contributed by atoms with van der Waals surface area (Å²) in [6.07, 6.45) is 0. The van der Waals surface area contributed by atoms with E-state index < -0.39 is 5.92 Å². The number of hydrogen-bond acceptors (Lipinski definition) is 4. The lowest BCUT2D eigenvalue weighted by Crippen LogP contribution is -2.46. The molecule has 3 aromatic carbocycles. The normalized spacial score (nSPS) is 16.2. The van der Waals surface area contributed by atoms with Crippen LogP contribution in [0.15, 0.2) is 72.8 Å². The van der Waals surface area contributed by atoms with Crippen LogP contribution in [0.4, 0.5) is 11.4 Å². The quantitative estimate of drug-likeness (QED) is 0.673. The molecular weight excluding hydrogens is 386 g/mol. The number of nitrogens with one attached hydrogen (secondary N) is 1. The van der Waals surface area contributed by atoms with Gasteiger partial charge in [0.15, 0.2) is 0 Å². The molecule has 0 aromatic heterocycles. The summed E-state index contributed by atoms with van der Waals surface area (Å²) in [6.45, 7) is 7.29. The Bertz CT molecular complexity index is 1040. The summed E-state index contributed by atoms with van der Waals surface area (Å²) in [4.78, 5) is 18.5. The first-order chi connectivity index (χ1) is 15.2. The molecule has 3 aromatic rings. The van der Waals surface area contributed by atoms with Crippen molar-refractivity contribution in [3.05, 3.63) is 83.9 Å². The Labute approximate surface area is 183 Å². The van der Waals surface area contributed by atoms with Crippen LogP contribution in [0.2, 0.25) is 0 Å². The van der Waals surface area contributed by atoms with Gasteiger partial charge in [0.25, 0.3) is 0 Å². The third-order valence-electron chi connectivity index (χ3n) is 6.26. The monoisotopic (exact) mass is 413 g/mol. The maximum atomic E-state index is 13.6. The fourth-order valence-electron chi connectivity index (χ4n) is 4.56. The first-order valence-electron chi connectivity index (χ1n) is 11.0. The Kier molecular flexibility index (Phi) is 5.35. The minimum Gasteiger partial charge on any atom is -0.457 e. The second kappa shape index (κ2) is 8.44. The Balaban J connectivity index is 1.45. The summed E-state index contributed by atoms with van der Waals surface area (Å²) < 4.78 is 6.05. The summed E-state index contributed by atoms with van der Waals surface area (Å²) in [7, 11) is 0. The van der Waals surface area contributed by atoms with E-state index in [2.05, 4.69) is 28.1 Å². The van der Waals surface area contributed by atoms with Gasteiger partial charge in [-0.1, -0.05) is 55.5 Å². The maximum absolute atomic E-state index is 13.6. The number of para-hydroxylation sites is 4. The molecule has 5 nitrogen and oxygen atoms in total. The topological polar surface area (TPSA) is 44.8 Å². The highest BCUT2D eigenvalue weighted by molar-refractivity contribution is 6.01. The minimum atomic E-state index is -0.411. The van der Waals surface area contributed by atoms with Crippen molar-refractivity contribution in [2.24, 2.45) is 0 Å². The number of carbonyl (C=O) groups excluding carboxylic acids is 1. The number of hydrogen-bond donors (Lipinski definition) is 1. The van der Waals surface area contributed by atoms with Crippen LogP contribution in [-0.4, -0.2) is 43.5 Å². The molecule has 158 valence electrons. The number of piperazine rings is 1. The number of amides is 1. The van der Waals surface area contributed by atoms with Gasteiger partial charge in [-0.2, -0.15) is 0 Å². The van der Waals surface area contributed by atoms with E-state index in [1.54, 1.807) is 0 Å². The van der Waals surface area contributed by atoms with Crippen LogP contribution in [-0.2, 0) is 4.79 Å². The molecule has 31 heavy (non-hydrogen) atoms. The minimum absolute atomic E-state index is 0.0390. The fraction of sp³-hybridized carbons (Fsp3) is 0.269. The zero-order valence-electron chi connectivity index (χ0n) is 17.8. The smallest absolute Gasteiger partial charge is 0.236 e. The zero-order valence-corrected chi connectivity index (χ0v) is 17.8. The van der Waals surface area contributed by atoms with Crippen LogP contribution >= 0.6 is 0 Å². The van der Waals surface area contributed by atoms with Gasteiger partial charge in [0.05, 0.1) is 17.3 Å². The van der Waals surface area contributed by atoms with Gasteiger partial charge in [0.1, 0.15) is 11.5 Å². The molecule has 0 unspecified atom stereocenters. The van der Waals surface area contributed by atoms with Crippen molar-refractivity contribution in [2.45, 2.75) is 12.8 Å². The second-order valence-electron chi connectivity index (χ2n) is 8.04. The van der Waals surface area contributed by atoms with Crippen molar-refractivity contribution < 1.29 is 9.53 Å². The molecule has 5 heteroatoms. The number of likely N-dealkylation sites (N-methyl/N-ethyl adjacent to an activating group) is 1. The standard InChI is InChI=1S/C26H27N3O2/c1-2-28-15-17-29(18-16-28)22-12-6-5-11-21(22)27-26(30)25-19-9-3-7-13-23(19)31-24-14-8-4-10-20(24)25/h3-14,25H,2,15-18H2,1H3,(H,27,30). The molecule has 0 spiro atoms. The first-order valence-corrected chi connectivity index (χ1v) is 11.0. The van der Waals surface area contributed by atoms with Gasteiger partial charge in [-0.3, -0.25) is 4.79 Å². The molecule has 1 amide bonds. The molecule has 0 atom stereocenters. The molecular formula is C26H27N3O2. The molecule has 2 aliphatic heterocycles. The molecule has 5 rings (SSSR count). The molecule has 0 aliphatic carbocycles. The van der Waals surface area contributed by atoms with Crippen molar-refractivity contribution >= 4 is 17.3 Å². The highest BCUT2D eigenvalue weighted by atomic mass is 16.5. The lowest BCUT2D eigenvalue weighted by atomic mass is 9.87. The van der Waals surface area contributed by atoms with E-state index in [-0.39, 0.29) is 5.91 Å². The fourth-order valence-corrected chi connectivity index (χ4v) is 4.56. The van der Waals surface area contributed by atoms with Crippen molar-refractivity contribution in [1.82, 2.24) is 4.90 Å². The molecule has 0 radical (unpaired) electrons. The van der Waals surface area contributed by atoms with Crippen LogP contribution in [0.5, 0.6) is 11.5 Å². The summed E-state index contributed by atoms with van der Waals surface area (Å²) in [5.74, 6) is 1.03.